The number of rotatable bonds is 0. The van der Waals surface area contributed by atoms with Crippen LogP contribution in [0, 0.1) is 0 Å². The van der Waals surface area contributed by atoms with E-state index in [1.165, 1.54) is 129 Å². The second-order valence-corrected chi connectivity index (χ2v) is 24.0. The molecule has 0 saturated heterocycles. The highest BCUT2D eigenvalue weighted by molar-refractivity contribution is 7.27. The summed E-state index contributed by atoms with van der Waals surface area (Å²) in [5, 5.41) is 6.90. The van der Waals surface area contributed by atoms with Gasteiger partial charge in [-0.3, -0.25) is 0 Å². The molecule has 0 radical (unpaired) electrons. The van der Waals surface area contributed by atoms with Crippen LogP contribution < -0.4 is 10.9 Å². The lowest BCUT2D eigenvalue weighted by Gasteiger charge is -2.43. The molecule has 5 aliphatic rings. The minimum atomic E-state index is -0.159. The van der Waals surface area contributed by atoms with Gasteiger partial charge >= 0.3 is 6.85 Å². The van der Waals surface area contributed by atoms with E-state index in [0.29, 0.717) is 0 Å². The highest BCUT2D eigenvalue weighted by Gasteiger charge is 2.49. The van der Waals surface area contributed by atoms with Gasteiger partial charge in [0, 0.05) is 48.3 Å². The normalized spacial score (nSPS) is 20.0. The molecule has 9 aromatic rings. The van der Waals surface area contributed by atoms with Crippen molar-refractivity contribution in [1.29, 1.82) is 0 Å². The van der Waals surface area contributed by atoms with Gasteiger partial charge in [-0.05, 0) is 127 Å². The summed E-state index contributed by atoms with van der Waals surface area (Å²) in [5.74, 6) is 0. The second-order valence-electron chi connectivity index (χ2n) is 23.0. The molecule has 0 unspecified atom stereocenters. The summed E-state index contributed by atoms with van der Waals surface area (Å²) in [7, 11) is 0. The van der Waals surface area contributed by atoms with Crippen LogP contribution in [0.4, 0.5) is 0 Å². The quantitative estimate of drug-likeness (QED) is 0.135. The van der Waals surface area contributed by atoms with Crippen molar-refractivity contribution in [2.75, 3.05) is 0 Å². The van der Waals surface area contributed by atoms with Crippen LogP contribution in [-0.4, -0.2) is 15.9 Å². The van der Waals surface area contributed by atoms with Crippen molar-refractivity contribution in [3.8, 4) is 28.1 Å². The average Bonchev–Trinajstić information content (AvgIpc) is 3.94. The molecule has 0 atom stereocenters. The van der Waals surface area contributed by atoms with Gasteiger partial charge in [0.2, 0.25) is 0 Å². The second kappa shape index (κ2) is 10.6. The van der Waals surface area contributed by atoms with Crippen LogP contribution in [0.2, 0.25) is 0 Å². The van der Waals surface area contributed by atoms with Gasteiger partial charge in [-0.2, -0.15) is 0 Å². The first kappa shape index (κ1) is 35.5. The van der Waals surface area contributed by atoms with Crippen molar-refractivity contribution in [3.05, 3.63) is 124 Å². The average molecular weight is 809 g/mol. The Morgan fingerprint density at radius 3 is 1.87 bits per heavy atom. The molecule has 300 valence electrons. The van der Waals surface area contributed by atoms with Crippen molar-refractivity contribution < 1.29 is 0 Å². The summed E-state index contributed by atoms with van der Waals surface area (Å²) in [6.07, 6.45) is 4.87. The fourth-order valence-electron chi connectivity index (χ4n) is 13.8. The third-order valence-corrected chi connectivity index (χ3v) is 18.5. The van der Waals surface area contributed by atoms with Crippen LogP contribution in [0.3, 0.4) is 0 Å². The van der Waals surface area contributed by atoms with Gasteiger partial charge in [-0.1, -0.05) is 136 Å². The topological polar surface area (TPSA) is 9.86 Å². The molecule has 0 fully saturated rings. The molecule has 5 heterocycles. The van der Waals surface area contributed by atoms with Gasteiger partial charge in [0.15, 0.2) is 0 Å². The Hall–Kier alpha value is -5.06. The number of hydrogen-bond acceptors (Lipinski definition) is 1. The third-order valence-electron chi connectivity index (χ3n) is 17.4. The number of nitrogens with zero attached hydrogens (tertiary/aromatic N) is 2. The zero-order valence-corrected chi connectivity index (χ0v) is 38.2. The lowest BCUT2D eigenvalue weighted by Crippen LogP contribution is -2.55. The van der Waals surface area contributed by atoms with Gasteiger partial charge < -0.3 is 9.05 Å². The Balaban J connectivity index is 1.16. The number of benzene rings is 6. The predicted octanol–water partition coefficient (Wildman–Crippen LogP) is 14.1. The summed E-state index contributed by atoms with van der Waals surface area (Å²) < 4.78 is 8.49. The molecule has 0 amide bonds. The number of thiophene rings is 1. The van der Waals surface area contributed by atoms with Crippen LogP contribution >= 0.6 is 11.3 Å². The summed E-state index contributed by atoms with van der Waals surface area (Å²) >= 11 is 2.03. The summed E-state index contributed by atoms with van der Waals surface area (Å²) in [5.41, 5.74) is 23.7. The van der Waals surface area contributed by atoms with Crippen LogP contribution in [0.15, 0.2) is 91.0 Å². The smallest absolute Gasteiger partial charge is 0.333 e. The summed E-state index contributed by atoms with van der Waals surface area (Å²) in [4.78, 5) is 0. The van der Waals surface area contributed by atoms with E-state index < -0.39 is 0 Å². The Labute approximate surface area is 363 Å². The van der Waals surface area contributed by atoms with Crippen molar-refractivity contribution in [2.24, 2.45) is 0 Å². The first-order chi connectivity index (χ1) is 29.0. The highest BCUT2D eigenvalue weighted by atomic mass is 32.1. The van der Waals surface area contributed by atoms with E-state index >= 15 is 0 Å². The molecular weight excluding hydrogens is 756 g/mol. The number of para-hydroxylation sites is 2. The Bertz CT molecular complexity index is 3570. The molecule has 0 bridgehead atoms. The number of fused-ring (bicyclic) bond motifs is 18. The van der Waals surface area contributed by atoms with Gasteiger partial charge in [0.1, 0.15) is 0 Å². The van der Waals surface area contributed by atoms with E-state index in [9.17, 15) is 0 Å². The largest absolute Gasteiger partial charge is 0.374 e. The zero-order chi connectivity index (χ0) is 41.7. The molecule has 6 aromatic carbocycles. The fraction of sp³-hybridized carbons (Fsp3) is 0.333. The van der Waals surface area contributed by atoms with Crippen LogP contribution in [0.1, 0.15) is 128 Å². The maximum absolute atomic E-state index is 2.84. The molecule has 0 saturated carbocycles. The first-order valence-electron chi connectivity index (χ1n) is 23.0. The number of hydrogen-bond donors (Lipinski definition) is 0. The molecule has 3 aromatic heterocycles. The molecule has 0 spiro atoms. The molecule has 0 N–H and O–H groups in total. The van der Waals surface area contributed by atoms with Gasteiger partial charge in [-0.15, -0.1) is 11.3 Å². The van der Waals surface area contributed by atoms with E-state index in [1.54, 1.807) is 22.3 Å². The molecule has 2 aliphatic heterocycles. The van der Waals surface area contributed by atoms with Gasteiger partial charge in [-0.25, -0.2) is 0 Å². The monoisotopic (exact) mass is 808 g/mol. The van der Waals surface area contributed by atoms with Crippen LogP contribution in [-0.2, 0) is 27.1 Å². The SMILES string of the molecule is CC1(C)CCC(C)(C)c2cc3c(cc21)-c1c(c2cccc4c2n1-c1c2c(cc5ccccc15)-c1cccc5c6sc7cc8c(cc7c6n(c15)B24)C(C)(C)CCC8(C)C)C3(C)C. The fourth-order valence-corrected chi connectivity index (χ4v) is 15.0. The molecule has 3 aliphatic carbocycles. The standard InChI is InChI=1S/C57H53BN2S/c1-53(2)21-23-55(5,6)41-28-38-36(26-39(41)53)49-45(57(38,9)10)33-18-14-20-43-48(33)59(49)50-31-16-12-11-15-30(31)25-35-32-17-13-19-34-47(32)60(58(43)46(35)50)51-37-27-40-42(29-44(37)61-52(34)51)56(7,8)24-22-54(40,3)4/h11-20,25-29H,21-24H2,1-10H3. The van der Waals surface area contributed by atoms with E-state index in [4.69, 9.17) is 0 Å². The Kier molecular flexibility index (Phi) is 6.16. The Morgan fingerprint density at radius 2 is 1.13 bits per heavy atom. The molecule has 4 heteroatoms. The third kappa shape index (κ3) is 4.01. The van der Waals surface area contributed by atoms with Crippen LogP contribution in [0.25, 0.3) is 81.0 Å². The van der Waals surface area contributed by atoms with Gasteiger partial charge in [0.25, 0.3) is 0 Å². The molecule has 61 heavy (non-hydrogen) atoms. The zero-order valence-electron chi connectivity index (χ0n) is 37.4. The van der Waals surface area contributed by atoms with E-state index in [0.717, 1.165) is 0 Å². The summed E-state index contributed by atoms with van der Waals surface area (Å²) in [6.45, 7) is 24.9. The summed E-state index contributed by atoms with van der Waals surface area (Å²) in [6, 6.07) is 36.9. The van der Waals surface area contributed by atoms with Crippen molar-refractivity contribution in [1.82, 2.24) is 9.05 Å². The molecule has 14 rings (SSSR count). The first-order valence-corrected chi connectivity index (χ1v) is 23.8. The Morgan fingerprint density at radius 1 is 0.508 bits per heavy atom. The lowest BCUT2D eigenvalue weighted by molar-refractivity contribution is 0.331. The van der Waals surface area contributed by atoms with E-state index in [2.05, 4.69) is 169 Å². The maximum Gasteiger partial charge on any atom is 0.333 e. The predicted molar refractivity (Wildman–Crippen MR) is 263 cm³/mol. The molecule has 2 nitrogen and oxygen atoms in total. The van der Waals surface area contributed by atoms with Crippen molar-refractivity contribution >= 4 is 82.0 Å². The minimum Gasteiger partial charge on any atom is -0.374 e. The maximum atomic E-state index is 2.84. The van der Waals surface area contributed by atoms with Crippen molar-refractivity contribution in [3.63, 3.8) is 0 Å². The van der Waals surface area contributed by atoms with E-state index in [1.807, 2.05) is 11.3 Å². The van der Waals surface area contributed by atoms with Crippen LogP contribution in [0.5, 0.6) is 0 Å². The van der Waals surface area contributed by atoms with E-state index in [-0.39, 0.29) is 33.9 Å². The van der Waals surface area contributed by atoms with Gasteiger partial charge in [0.05, 0.1) is 27.1 Å². The van der Waals surface area contributed by atoms with Crippen molar-refractivity contribution in [2.45, 2.75) is 122 Å². The molecular formula is C57H53BN2S. The highest BCUT2D eigenvalue weighted by Crippen LogP contribution is 2.59. The minimum absolute atomic E-state index is 0.0415. The number of aromatic nitrogens is 2. The lowest BCUT2D eigenvalue weighted by atomic mass is 9.45.